The molecule has 0 bridgehead atoms. The number of likely N-dealkylation sites (N-methyl/N-ethyl adjacent to an activating group) is 1. The summed E-state index contributed by atoms with van der Waals surface area (Å²) in [7, 11) is 2.20. The van der Waals surface area contributed by atoms with Gasteiger partial charge in [0.2, 0.25) is 0 Å². The zero-order chi connectivity index (χ0) is 16.9. The van der Waals surface area contributed by atoms with Gasteiger partial charge < -0.3 is 19.5 Å². The molecule has 0 radical (unpaired) electrons. The van der Waals surface area contributed by atoms with Crippen molar-refractivity contribution in [2.24, 2.45) is 0 Å². The molecule has 130 valence electrons. The van der Waals surface area contributed by atoms with E-state index in [1.54, 1.807) is 0 Å². The van der Waals surface area contributed by atoms with E-state index in [1.807, 2.05) is 33.3 Å². The van der Waals surface area contributed by atoms with Crippen molar-refractivity contribution in [3.05, 3.63) is 18.2 Å². The summed E-state index contributed by atoms with van der Waals surface area (Å²) in [6.07, 6.45) is 8.02. The molecule has 1 saturated heterocycles. The normalized spacial score (nSPS) is 19.6. The van der Waals surface area contributed by atoms with Gasteiger partial charge in [-0.05, 0) is 47.2 Å². The van der Waals surface area contributed by atoms with E-state index in [-0.39, 0.29) is 6.09 Å². The van der Waals surface area contributed by atoms with Crippen LogP contribution in [0.25, 0.3) is 0 Å². The number of hydrogen-bond donors (Lipinski definition) is 1. The first-order chi connectivity index (χ1) is 10.8. The Kier molecular flexibility index (Phi) is 6.04. The van der Waals surface area contributed by atoms with Gasteiger partial charge in [0, 0.05) is 37.4 Å². The second-order valence-corrected chi connectivity index (χ2v) is 7.35. The lowest BCUT2D eigenvalue weighted by molar-refractivity contribution is 0.0528. The van der Waals surface area contributed by atoms with Gasteiger partial charge in [-0.25, -0.2) is 9.78 Å². The predicted octanol–water partition coefficient (Wildman–Crippen LogP) is 2.43. The van der Waals surface area contributed by atoms with Crippen molar-refractivity contribution in [3.8, 4) is 0 Å². The van der Waals surface area contributed by atoms with Crippen molar-refractivity contribution in [1.29, 1.82) is 0 Å². The summed E-state index contributed by atoms with van der Waals surface area (Å²) in [4.78, 5) is 18.4. The second-order valence-electron chi connectivity index (χ2n) is 7.35. The molecule has 0 aliphatic carbocycles. The number of piperidine rings is 1. The van der Waals surface area contributed by atoms with Crippen molar-refractivity contribution < 1.29 is 9.53 Å². The number of likely N-dealkylation sites (tertiary alicyclic amines) is 1. The molecule has 1 aromatic rings. The highest BCUT2D eigenvalue weighted by molar-refractivity contribution is 5.67. The van der Waals surface area contributed by atoms with Crippen molar-refractivity contribution in [1.82, 2.24) is 19.8 Å². The SMILES string of the molecule is CN1CCCCC1Cn1cncc1CCNC(=O)OC(C)(C)C. The van der Waals surface area contributed by atoms with Gasteiger partial charge in [-0.2, -0.15) is 0 Å². The summed E-state index contributed by atoms with van der Waals surface area (Å²) in [6, 6.07) is 0.579. The largest absolute Gasteiger partial charge is 0.444 e. The maximum Gasteiger partial charge on any atom is 0.407 e. The molecule has 6 nitrogen and oxygen atoms in total. The van der Waals surface area contributed by atoms with E-state index >= 15 is 0 Å². The van der Waals surface area contributed by atoms with E-state index in [0.29, 0.717) is 12.6 Å². The Bertz CT molecular complexity index is 507. The van der Waals surface area contributed by atoms with Crippen molar-refractivity contribution in [3.63, 3.8) is 0 Å². The monoisotopic (exact) mass is 322 g/mol. The number of nitrogens with zero attached hydrogens (tertiary/aromatic N) is 3. The Balaban J connectivity index is 1.80. The lowest BCUT2D eigenvalue weighted by Gasteiger charge is -2.33. The molecule has 1 unspecified atom stereocenters. The van der Waals surface area contributed by atoms with E-state index < -0.39 is 5.60 Å². The zero-order valence-corrected chi connectivity index (χ0v) is 14.8. The van der Waals surface area contributed by atoms with Crippen LogP contribution >= 0.6 is 0 Å². The molecule has 1 aromatic heterocycles. The zero-order valence-electron chi connectivity index (χ0n) is 14.8. The summed E-state index contributed by atoms with van der Waals surface area (Å²) in [5, 5.41) is 2.80. The minimum Gasteiger partial charge on any atom is -0.444 e. The average molecular weight is 322 g/mol. The summed E-state index contributed by atoms with van der Waals surface area (Å²) in [5.41, 5.74) is 0.692. The predicted molar refractivity (Wildman–Crippen MR) is 90.4 cm³/mol. The molecule has 6 heteroatoms. The fourth-order valence-electron chi connectivity index (χ4n) is 2.93. The first-order valence-electron chi connectivity index (χ1n) is 8.51. The molecule has 2 rings (SSSR count). The summed E-state index contributed by atoms with van der Waals surface area (Å²) < 4.78 is 7.46. The Morgan fingerprint density at radius 2 is 2.22 bits per heavy atom. The Labute approximate surface area is 139 Å². The van der Waals surface area contributed by atoms with Gasteiger partial charge in [-0.1, -0.05) is 6.42 Å². The summed E-state index contributed by atoms with van der Waals surface area (Å²) in [5.74, 6) is 0. The first-order valence-corrected chi connectivity index (χ1v) is 8.51. The van der Waals surface area contributed by atoms with Crippen molar-refractivity contribution in [2.45, 2.75) is 64.6 Å². The van der Waals surface area contributed by atoms with Gasteiger partial charge in [0.1, 0.15) is 5.60 Å². The van der Waals surface area contributed by atoms with Gasteiger partial charge in [0.15, 0.2) is 0 Å². The number of imidazole rings is 1. The Morgan fingerprint density at radius 1 is 1.43 bits per heavy atom. The standard InChI is InChI=1S/C17H30N4O2/c1-17(2,3)23-16(22)19-9-8-14-11-18-13-21(14)12-15-7-5-6-10-20(15)4/h11,13,15H,5-10,12H2,1-4H3,(H,19,22). The number of nitrogens with one attached hydrogen (secondary N) is 1. The lowest BCUT2D eigenvalue weighted by atomic mass is 10.0. The number of hydrogen-bond acceptors (Lipinski definition) is 4. The summed E-state index contributed by atoms with van der Waals surface area (Å²) >= 11 is 0. The van der Waals surface area contributed by atoms with E-state index in [4.69, 9.17) is 4.74 Å². The molecule has 1 N–H and O–H groups in total. The number of carbonyl (C=O) groups excluding carboxylic acids is 1. The van der Waals surface area contributed by atoms with Crippen LogP contribution in [0, 0.1) is 0 Å². The fraction of sp³-hybridized carbons (Fsp3) is 0.765. The molecule has 1 fully saturated rings. The highest BCUT2D eigenvalue weighted by atomic mass is 16.6. The molecule has 1 amide bonds. The van der Waals surface area contributed by atoms with E-state index in [1.165, 1.54) is 25.8 Å². The fourth-order valence-corrected chi connectivity index (χ4v) is 2.93. The second kappa shape index (κ2) is 7.81. The van der Waals surface area contributed by atoms with E-state index in [9.17, 15) is 4.79 Å². The number of rotatable bonds is 5. The molecule has 1 aliphatic heterocycles. The topological polar surface area (TPSA) is 59.4 Å². The smallest absolute Gasteiger partial charge is 0.407 e. The Hall–Kier alpha value is -1.56. The highest BCUT2D eigenvalue weighted by Crippen LogP contribution is 2.17. The maximum absolute atomic E-state index is 11.7. The molecule has 0 spiro atoms. The number of amides is 1. The number of alkyl carbamates (subject to hydrolysis) is 1. The maximum atomic E-state index is 11.7. The van der Waals surface area contributed by atoms with Crippen LogP contribution in [0.3, 0.4) is 0 Å². The number of carbonyl (C=O) groups is 1. The average Bonchev–Trinajstić information content (AvgIpc) is 2.87. The van der Waals surface area contributed by atoms with Crippen LogP contribution in [0.15, 0.2) is 12.5 Å². The minimum atomic E-state index is -0.461. The molecule has 23 heavy (non-hydrogen) atoms. The molecule has 2 heterocycles. The van der Waals surface area contributed by atoms with Gasteiger partial charge in [0.05, 0.1) is 6.33 Å². The quantitative estimate of drug-likeness (QED) is 0.904. The minimum absolute atomic E-state index is 0.365. The van der Waals surface area contributed by atoms with Crippen LogP contribution in [0.4, 0.5) is 4.79 Å². The Morgan fingerprint density at radius 3 is 2.91 bits per heavy atom. The third kappa shape index (κ3) is 5.86. The van der Waals surface area contributed by atoms with Crippen LogP contribution in [-0.4, -0.2) is 52.3 Å². The van der Waals surface area contributed by atoms with Crippen molar-refractivity contribution in [2.75, 3.05) is 20.1 Å². The van der Waals surface area contributed by atoms with Crippen molar-refractivity contribution >= 4 is 6.09 Å². The van der Waals surface area contributed by atoms with Gasteiger partial charge in [-0.15, -0.1) is 0 Å². The van der Waals surface area contributed by atoms with Crippen LogP contribution in [0.1, 0.15) is 45.7 Å². The van der Waals surface area contributed by atoms with Crippen LogP contribution in [0.5, 0.6) is 0 Å². The van der Waals surface area contributed by atoms with E-state index in [2.05, 4.69) is 26.8 Å². The molecular formula is C17H30N4O2. The molecular weight excluding hydrogens is 292 g/mol. The van der Waals surface area contributed by atoms with Gasteiger partial charge >= 0.3 is 6.09 Å². The molecule has 1 aliphatic rings. The van der Waals surface area contributed by atoms with Gasteiger partial charge in [0.25, 0.3) is 0 Å². The van der Waals surface area contributed by atoms with Crippen LogP contribution < -0.4 is 5.32 Å². The number of aromatic nitrogens is 2. The molecule has 0 saturated carbocycles. The van der Waals surface area contributed by atoms with Crippen LogP contribution in [0.2, 0.25) is 0 Å². The molecule has 1 atom stereocenters. The first kappa shape index (κ1) is 17.8. The molecule has 0 aromatic carbocycles. The highest BCUT2D eigenvalue weighted by Gasteiger charge is 2.20. The summed E-state index contributed by atoms with van der Waals surface area (Å²) in [6.45, 7) is 8.29. The third-order valence-electron chi connectivity index (χ3n) is 4.18. The number of ether oxygens (including phenoxy) is 1. The van der Waals surface area contributed by atoms with E-state index in [0.717, 1.165) is 18.7 Å². The van der Waals surface area contributed by atoms with Crippen LogP contribution in [-0.2, 0) is 17.7 Å². The van der Waals surface area contributed by atoms with Gasteiger partial charge in [-0.3, -0.25) is 0 Å². The third-order valence-corrected chi connectivity index (χ3v) is 4.18. The lowest BCUT2D eigenvalue weighted by Crippen LogP contribution is -2.39.